The zero-order valence-electron chi connectivity index (χ0n) is 9.89. The molecular weight excluding hydrogens is 254 g/mol. The van der Waals surface area contributed by atoms with Crippen LogP contribution in [0.3, 0.4) is 0 Å². The first kappa shape index (κ1) is 12.6. The third kappa shape index (κ3) is 2.89. The van der Waals surface area contributed by atoms with Gasteiger partial charge in [0, 0.05) is 24.7 Å². The molecule has 0 spiro atoms. The second kappa shape index (κ2) is 5.67. The SMILES string of the molecule is CCn1ccnc1SCCn1cc([N+](=O)[O-])cn1. The summed E-state index contributed by atoms with van der Waals surface area (Å²) in [6, 6.07) is 0. The Morgan fingerprint density at radius 2 is 2.39 bits per heavy atom. The summed E-state index contributed by atoms with van der Waals surface area (Å²) in [7, 11) is 0. The molecule has 2 rings (SSSR count). The molecule has 0 amide bonds. The van der Waals surface area contributed by atoms with Crippen molar-refractivity contribution < 1.29 is 4.92 Å². The van der Waals surface area contributed by atoms with Crippen LogP contribution in [0.1, 0.15) is 6.92 Å². The van der Waals surface area contributed by atoms with Gasteiger partial charge < -0.3 is 4.57 Å². The molecule has 0 radical (unpaired) electrons. The maximum atomic E-state index is 10.5. The van der Waals surface area contributed by atoms with Crippen LogP contribution in [-0.2, 0) is 13.1 Å². The van der Waals surface area contributed by atoms with Gasteiger partial charge >= 0.3 is 5.69 Å². The van der Waals surface area contributed by atoms with Crippen LogP contribution in [0.15, 0.2) is 29.9 Å². The quantitative estimate of drug-likeness (QED) is 0.453. The molecule has 0 aliphatic rings. The van der Waals surface area contributed by atoms with Crippen LogP contribution in [0, 0.1) is 10.1 Å². The van der Waals surface area contributed by atoms with Gasteiger partial charge in [-0.25, -0.2) is 4.98 Å². The molecule has 8 heteroatoms. The van der Waals surface area contributed by atoms with E-state index in [0.29, 0.717) is 6.54 Å². The van der Waals surface area contributed by atoms with E-state index in [4.69, 9.17) is 0 Å². The zero-order chi connectivity index (χ0) is 13.0. The fourth-order valence-corrected chi connectivity index (χ4v) is 2.43. The van der Waals surface area contributed by atoms with Gasteiger partial charge in [0.2, 0.25) is 0 Å². The van der Waals surface area contributed by atoms with Crippen molar-refractivity contribution in [1.82, 2.24) is 19.3 Å². The van der Waals surface area contributed by atoms with Crippen molar-refractivity contribution in [2.45, 2.75) is 25.2 Å². The number of rotatable bonds is 6. The van der Waals surface area contributed by atoms with E-state index in [-0.39, 0.29) is 5.69 Å². The van der Waals surface area contributed by atoms with Gasteiger partial charge in [-0.3, -0.25) is 14.8 Å². The molecule has 0 atom stereocenters. The Hall–Kier alpha value is -1.83. The summed E-state index contributed by atoms with van der Waals surface area (Å²) in [6.07, 6.45) is 6.40. The summed E-state index contributed by atoms with van der Waals surface area (Å²) in [5.74, 6) is 0.774. The number of hydrogen-bond acceptors (Lipinski definition) is 5. The lowest BCUT2D eigenvalue weighted by molar-refractivity contribution is -0.385. The van der Waals surface area contributed by atoms with Gasteiger partial charge in [0.1, 0.15) is 12.4 Å². The third-order valence-electron chi connectivity index (χ3n) is 2.40. The fraction of sp³-hybridized carbons (Fsp3) is 0.400. The predicted octanol–water partition coefficient (Wildman–Crippen LogP) is 1.80. The molecular formula is C10H13N5O2S. The van der Waals surface area contributed by atoms with E-state index < -0.39 is 4.92 Å². The molecule has 18 heavy (non-hydrogen) atoms. The van der Waals surface area contributed by atoms with Crippen molar-refractivity contribution in [2.24, 2.45) is 0 Å². The maximum absolute atomic E-state index is 10.5. The minimum Gasteiger partial charge on any atom is -0.326 e. The minimum absolute atomic E-state index is 0.0232. The van der Waals surface area contributed by atoms with Crippen molar-refractivity contribution in [3.05, 3.63) is 34.9 Å². The number of hydrogen-bond donors (Lipinski definition) is 0. The number of thioether (sulfide) groups is 1. The Morgan fingerprint density at radius 1 is 1.56 bits per heavy atom. The summed E-state index contributed by atoms with van der Waals surface area (Å²) in [5.41, 5.74) is 0.0232. The average molecular weight is 267 g/mol. The largest absolute Gasteiger partial charge is 0.326 e. The highest BCUT2D eigenvalue weighted by atomic mass is 32.2. The molecule has 0 saturated heterocycles. The molecule has 0 N–H and O–H groups in total. The van der Waals surface area contributed by atoms with Crippen LogP contribution in [-0.4, -0.2) is 30.0 Å². The van der Waals surface area contributed by atoms with E-state index in [1.807, 2.05) is 6.20 Å². The minimum atomic E-state index is -0.444. The highest BCUT2D eigenvalue weighted by Crippen LogP contribution is 2.16. The van der Waals surface area contributed by atoms with Crippen LogP contribution in [0.5, 0.6) is 0 Å². The van der Waals surface area contributed by atoms with Crippen LogP contribution < -0.4 is 0 Å². The molecule has 7 nitrogen and oxygen atoms in total. The number of nitrogens with zero attached hydrogens (tertiary/aromatic N) is 5. The molecule has 0 bridgehead atoms. The van der Waals surface area contributed by atoms with Crippen molar-refractivity contribution in [3.63, 3.8) is 0 Å². The standard InChI is InChI=1S/C10H13N5O2S/c1-2-13-4-3-11-10(13)18-6-5-14-8-9(7-12-14)15(16)17/h3-4,7-8H,2,5-6H2,1H3. The first-order chi connectivity index (χ1) is 8.70. The summed E-state index contributed by atoms with van der Waals surface area (Å²) >= 11 is 1.61. The van der Waals surface area contributed by atoms with Gasteiger partial charge in [0.25, 0.3) is 0 Å². The van der Waals surface area contributed by atoms with Gasteiger partial charge in [0.15, 0.2) is 5.16 Å². The first-order valence-corrected chi connectivity index (χ1v) is 6.50. The van der Waals surface area contributed by atoms with E-state index in [0.717, 1.165) is 17.5 Å². The lowest BCUT2D eigenvalue weighted by atomic mass is 10.6. The highest BCUT2D eigenvalue weighted by Gasteiger charge is 2.08. The third-order valence-corrected chi connectivity index (χ3v) is 3.38. The van der Waals surface area contributed by atoms with Gasteiger partial charge in [-0.05, 0) is 6.92 Å². The maximum Gasteiger partial charge on any atom is 0.306 e. The Labute approximate surface area is 108 Å². The molecule has 2 aromatic heterocycles. The fourth-order valence-electron chi connectivity index (χ4n) is 1.48. The topological polar surface area (TPSA) is 78.8 Å². The van der Waals surface area contributed by atoms with E-state index >= 15 is 0 Å². The van der Waals surface area contributed by atoms with E-state index in [2.05, 4.69) is 21.6 Å². The monoisotopic (exact) mass is 267 g/mol. The van der Waals surface area contributed by atoms with Gasteiger partial charge in [-0.15, -0.1) is 0 Å². The van der Waals surface area contributed by atoms with Crippen molar-refractivity contribution in [2.75, 3.05) is 5.75 Å². The van der Waals surface area contributed by atoms with E-state index in [1.165, 1.54) is 12.4 Å². The van der Waals surface area contributed by atoms with Crippen molar-refractivity contribution in [1.29, 1.82) is 0 Å². The highest BCUT2D eigenvalue weighted by molar-refractivity contribution is 7.99. The number of imidazole rings is 1. The summed E-state index contributed by atoms with van der Waals surface area (Å²) in [6.45, 7) is 3.56. The molecule has 0 aliphatic heterocycles. The number of aromatic nitrogens is 4. The molecule has 0 aromatic carbocycles. The Kier molecular flexibility index (Phi) is 3.98. The van der Waals surface area contributed by atoms with E-state index in [9.17, 15) is 10.1 Å². The first-order valence-electron chi connectivity index (χ1n) is 5.51. The predicted molar refractivity (Wildman–Crippen MR) is 67.5 cm³/mol. The van der Waals surface area contributed by atoms with Crippen LogP contribution >= 0.6 is 11.8 Å². The lowest BCUT2D eigenvalue weighted by Gasteiger charge is -2.03. The second-order valence-electron chi connectivity index (χ2n) is 3.56. The van der Waals surface area contributed by atoms with Crippen LogP contribution in [0.4, 0.5) is 5.69 Å². The Bertz CT molecular complexity index is 536. The number of aryl methyl sites for hydroxylation is 2. The molecule has 0 unspecified atom stereocenters. The summed E-state index contributed by atoms with van der Waals surface area (Å²) in [5, 5.41) is 15.4. The smallest absolute Gasteiger partial charge is 0.306 e. The van der Waals surface area contributed by atoms with Gasteiger partial charge in [-0.1, -0.05) is 11.8 Å². The average Bonchev–Trinajstić information content (AvgIpc) is 2.97. The molecule has 2 heterocycles. The number of nitro groups is 1. The molecule has 2 aromatic rings. The van der Waals surface area contributed by atoms with Gasteiger partial charge in [-0.2, -0.15) is 5.10 Å². The normalized spacial score (nSPS) is 10.7. The summed E-state index contributed by atoms with van der Waals surface area (Å²) in [4.78, 5) is 14.3. The zero-order valence-corrected chi connectivity index (χ0v) is 10.7. The lowest BCUT2D eigenvalue weighted by Crippen LogP contribution is -2.02. The second-order valence-corrected chi connectivity index (χ2v) is 4.63. The molecule has 0 aliphatic carbocycles. The molecule has 0 fully saturated rings. The van der Waals surface area contributed by atoms with Crippen LogP contribution in [0.2, 0.25) is 0 Å². The van der Waals surface area contributed by atoms with E-state index in [1.54, 1.807) is 22.6 Å². The molecule has 0 saturated carbocycles. The van der Waals surface area contributed by atoms with Gasteiger partial charge in [0.05, 0.1) is 11.5 Å². The Balaban J connectivity index is 1.86. The van der Waals surface area contributed by atoms with Crippen molar-refractivity contribution >= 4 is 17.4 Å². The Morgan fingerprint density at radius 3 is 3.06 bits per heavy atom. The molecule has 96 valence electrons. The van der Waals surface area contributed by atoms with Crippen molar-refractivity contribution in [3.8, 4) is 0 Å². The van der Waals surface area contributed by atoms with Crippen LogP contribution in [0.25, 0.3) is 0 Å². The summed E-state index contributed by atoms with van der Waals surface area (Å²) < 4.78 is 3.63.